The van der Waals surface area contributed by atoms with Gasteiger partial charge in [-0.05, 0) is 50.2 Å². The van der Waals surface area contributed by atoms with Crippen molar-refractivity contribution in [3.63, 3.8) is 0 Å². The Kier molecular flexibility index (Phi) is 6.01. The molecule has 0 aliphatic carbocycles. The van der Waals surface area contributed by atoms with Crippen LogP contribution < -0.4 is 10.1 Å². The van der Waals surface area contributed by atoms with E-state index in [9.17, 15) is 9.59 Å². The molecule has 0 saturated carbocycles. The van der Waals surface area contributed by atoms with Crippen LogP contribution in [0.2, 0.25) is 0 Å². The van der Waals surface area contributed by atoms with Gasteiger partial charge in [0.15, 0.2) is 0 Å². The van der Waals surface area contributed by atoms with Gasteiger partial charge in [0.05, 0.1) is 20.1 Å². The Bertz CT molecular complexity index is 691. The smallest absolute Gasteiger partial charge is 0.243 e. The van der Waals surface area contributed by atoms with Crippen LogP contribution in [0.15, 0.2) is 40.8 Å². The number of benzene rings is 1. The fraction of sp³-hybridized carbons (Fsp3) is 0.333. The predicted octanol–water partition coefficient (Wildman–Crippen LogP) is 2.63. The zero-order chi connectivity index (χ0) is 17.5. The SMILES string of the molecule is CCN(CC(=O)Nc1ccc(OC)cc1)C(=O)Cc1ccc(C)o1. The van der Waals surface area contributed by atoms with E-state index in [4.69, 9.17) is 9.15 Å². The molecule has 2 rings (SSSR count). The molecule has 1 N–H and O–H groups in total. The molecule has 6 heteroatoms. The Morgan fingerprint density at radius 2 is 1.88 bits per heavy atom. The quantitative estimate of drug-likeness (QED) is 0.847. The number of furan rings is 1. The topological polar surface area (TPSA) is 71.8 Å². The van der Waals surface area contributed by atoms with Crippen molar-refractivity contribution >= 4 is 17.5 Å². The number of aryl methyl sites for hydroxylation is 1. The van der Waals surface area contributed by atoms with Gasteiger partial charge in [-0.1, -0.05) is 0 Å². The van der Waals surface area contributed by atoms with E-state index in [1.807, 2.05) is 19.9 Å². The standard InChI is InChI=1S/C18H22N2O4/c1-4-20(18(22)11-16-8-5-13(2)24-16)12-17(21)19-14-6-9-15(23-3)10-7-14/h5-10H,4,11-12H2,1-3H3,(H,19,21). The van der Waals surface area contributed by atoms with Gasteiger partial charge in [0.25, 0.3) is 0 Å². The summed E-state index contributed by atoms with van der Waals surface area (Å²) in [6.45, 7) is 4.12. The first-order valence-electron chi connectivity index (χ1n) is 7.78. The van der Waals surface area contributed by atoms with Crippen molar-refractivity contribution in [2.75, 3.05) is 25.5 Å². The number of methoxy groups -OCH3 is 1. The number of rotatable bonds is 7. The summed E-state index contributed by atoms with van der Waals surface area (Å²) in [6.07, 6.45) is 0.150. The third-order valence-electron chi connectivity index (χ3n) is 3.56. The normalized spacial score (nSPS) is 10.3. The van der Waals surface area contributed by atoms with Gasteiger partial charge in [0, 0.05) is 12.2 Å². The van der Waals surface area contributed by atoms with Crippen molar-refractivity contribution in [1.29, 1.82) is 0 Å². The Balaban J connectivity index is 1.90. The Morgan fingerprint density at radius 1 is 1.17 bits per heavy atom. The maximum absolute atomic E-state index is 12.3. The minimum atomic E-state index is -0.244. The first-order valence-corrected chi connectivity index (χ1v) is 7.78. The number of anilines is 1. The van der Waals surface area contributed by atoms with Gasteiger partial charge < -0.3 is 19.4 Å². The molecule has 0 spiro atoms. The summed E-state index contributed by atoms with van der Waals surface area (Å²) in [6, 6.07) is 10.6. The highest BCUT2D eigenvalue weighted by Crippen LogP contribution is 2.15. The van der Waals surface area contributed by atoms with Crippen molar-refractivity contribution < 1.29 is 18.7 Å². The van der Waals surface area contributed by atoms with Gasteiger partial charge in [-0.3, -0.25) is 9.59 Å². The predicted molar refractivity (Wildman–Crippen MR) is 91.0 cm³/mol. The van der Waals surface area contributed by atoms with E-state index in [1.54, 1.807) is 37.4 Å². The monoisotopic (exact) mass is 330 g/mol. The minimum Gasteiger partial charge on any atom is -0.497 e. The molecule has 0 bridgehead atoms. The molecule has 0 saturated heterocycles. The molecule has 6 nitrogen and oxygen atoms in total. The molecule has 128 valence electrons. The molecule has 0 atom stereocenters. The minimum absolute atomic E-state index is 0.00104. The number of ether oxygens (including phenoxy) is 1. The summed E-state index contributed by atoms with van der Waals surface area (Å²) in [5.41, 5.74) is 0.658. The molecule has 2 amide bonds. The molecular weight excluding hydrogens is 308 g/mol. The van der Waals surface area contributed by atoms with Gasteiger partial charge in [-0.25, -0.2) is 0 Å². The summed E-state index contributed by atoms with van der Waals surface area (Å²) in [5, 5.41) is 2.77. The summed E-state index contributed by atoms with van der Waals surface area (Å²) >= 11 is 0. The lowest BCUT2D eigenvalue weighted by Gasteiger charge is -2.20. The Labute approximate surface area is 141 Å². The van der Waals surface area contributed by atoms with Crippen LogP contribution in [-0.4, -0.2) is 36.9 Å². The molecule has 0 aliphatic rings. The molecule has 0 unspecified atom stereocenters. The highest BCUT2D eigenvalue weighted by Gasteiger charge is 2.17. The number of hydrogen-bond acceptors (Lipinski definition) is 4. The molecule has 0 radical (unpaired) electrons. The number of nitrogens with one attached hydrogen (secondary N) is 1. The largest absolute Gasteiger partial charge is 0.497 e. The van der Waals surface area contributed by atoms with Crippen LogP contribution in [-0.2, 0) is 16.0 Å². The Morgan fingerprint density at radius 3 is 2.42 bits per heavy atom. The van der Waals surface area contributed by atoms with Gasteiger partial charge in [0.2, 0.25) is 11.8 Å². The van der Waals surface area contributed by atoms with Crippen molar-refractivity contribution in [2.45, 2.75) is 20.3 Å². The lowest BCUT2D eigenvalue weighted by molar-refractivity contribution is -0.134. The molecule has 1 aromatic heterocycles. The number of likely N-dealkylation sites (N-methyl/N-ethyl adjacent to an activating group) is 1. The highest BCUT2D eigenvalue weighted by molar-refractivity contribution is 5.94. The zero-order valence-electron chi connectivity index (χ0n) is 14.2. The van der Waals surface area contributed by atoms with Crippen LogP contribution in [0.3, 0.4) is 0 Å². The first kappa shape index (κ1) is 17.6. The molecule has 24 heavy (non-hydrogen) atoms. The second-order valence-electron chi connectivity index (χ2n) is 5.37. The highest BCUT2D eigenvalue weighted by atomic mass is 16.5. The average molecular weight is 330 g/mol. The molecule has 2 aromatic rings. The maximum atomic E-state index is 12.3. The van der Waals surface area contributed by atoms with Gasteiger partial charge in [0.1, 0.15) is 17.3 Å². The van der Waals surface area contributed by atoms with E-state index < -0.39 is 0 Å². The summed E-state index contributed by atoms with van der Waals surface area (Å²) in [7, 11) is 1.58. The van der Waals surface area contributed by atoms with Crippen LogP contribution in [0.1, 0.15) is 18.4 Å². The number of carbonyl (C=O) groups is 2. The van der Waals surface area contributed by atoms with Gasteiger partial charge >= 0.3 is 0 Å². The van der Waals surface area contributed by atoms with Crippen LogP contribution in [0.5, 0.6) is 5.75 Å². The molecule has 0 fully saturated rings. The van der Waals surface area contributed by atoms with Crippen LogP contribution in [0.4, 0.5) is 5.69 Å². The maximum Gasteiger partial charge on any atom is 0.243 e. The van der Waals surface area contributed by atoms with Crippen molar-refractivity contribution in [3.05, 3.63) is 47.9 Å². The number of nitrogens with zero attached hydrogens (tertiary/aromatic N) is 1. The van der Waals surface area contributed by atoms with Crippen molar-refractivity contribution in [2.24, 2.45) is 0 Å². The van der Waals surface area contributed by atoms with E-state index in [2.05, 4.69) is 5.32 Å². The van der Waals surface area contributed by atoms with Crippen LogP contribution in [0.25, 0.3) is 0 Å². The van der Waals surface area contributed by atoms with E-state index in [-0.39, 0.29) is 24.8 Å². The number of carbonyl (C=O) groups excluding carboxylic acids is 2. The lowest BCUT2D eigenvalue weighted by atomic mass is 10.2. The second-order valence-corrected chi connectivity index (χ2v) is 5.37. The lowest BCUT2D eigenvalue weighted by Crippen LogP contribution is -2.38. The second kappa shape index (κ2) is 8.19. The van der Waals surface area contributed by atoms with Crippen LogP contribution in [0, 0.1) is 6.92 Å². The Hall–Kier alpha value is -2.76. The fourth-order valence-electron chi connectivity index (χ4n) is 2.27. The van der Waals surface area contributed by atoms with E-state index in [1.165, 1.54) is 4.90 Å². The summed E-state index contributed by atoms with van der Waals surface area (Å²) in [5.74, 6) is 1.69. The number of amides is 2. The molecular formula is C18H22N2O4. The molecule has 1 heterocycles. The molecule has 1 aromatic carbocycles. The van der Waals surface area contributed by atoms with Crippen LogP contribution >= 0.6 is 0 Å². The third kappa shape index (κ3) is 4.87. The number of hydrogen-bond donors (Lipinski definition) is 1. The zero-order valence-corrected chi connectivity index (χ0v) is 14.2. The molecule has 0 aliphatic heterocycles. The van der Waals surface area contributed by atoms with Crippen molar-refractivity contribution in [3.8, 4) is 5.75 Å². The van der Waals surface area contributed by atoms with E-state index in [0.29, 0.717) is 23.7 Å². The first-order chi connectivity index (χ1) is 11.5. The van der Waals surface area contributed by atoms with Gasteiger partial charge in [-0.2, -0.15) is 0 Å². The van der Waals surface area contributed by atoms with Gasteiger partial charge in [-0.15, -0.1) is 0 Å². The summed E-state index contributed by atoms with van der Waals surface area (Å²) < 4.78 is 10.5. The van der Waals surface area contributed by atoms with Crippen molar-refractivity contribution in [1.82, 2.24) is 4.90 Å². The fourth-order valence-corrected chi connectivity index (χ4v) is 2.27. The third-order valence-corrected chi connectivity index (χ3v) is 3.56. The summed E-state index contributed by atoms with van der Waals surface area (Å²) in [4.78, 5) is 25.9. The average Bonchev–Trinajstić information content (AvgIpc) is 2.98. The van der Waals surface area contributed by atoms with E-state index >= 15 is 0 Å². The van der Waals surface area contributed by atoms with E-state index in [0.717, 1.165) is 5.76 Å².